The summed E-state index contributed by atoms with van der Waals surface area (Å²) in [6, 6.07) is 5.04. The molecule has 92 valence electrons. The number of phenols is 1. The zero-order chi connectivity index (χ0) is 13.0. The molecule has 2 rings (SSSR count). The van der Waals surface area contributed by atoms with Gasteiger partial charge in [-0.2, -0.15) is 5.10 Å². The first-order valence-corrected chi connectivity index (χ1v) is 6.08. The van der Waals surface area contributed by atoms with E-state index in [2.05, 4.69) is 36.4 Å². The molecular formula is C11H8BrClN4O. The molecule has 0 unspecified atom stereocenters. The van der Waals surface area contributed by atoms with Gasteiger partial charge in [0.05, 0.1) is 6.21 Å². The SMILES string of the molecule is Oc1ccc(Br)cc1C=NNc1nccnc1Cl. The lowest BCUT2D eigenvalue weighted by Gasteiger charge is -2.01. The van der Waals surface area contributed by atoms with E-state index in [0.29, 0.717) is 11.4 Å². The van der Waals surface area contributed by atoms with Crippen LogP contribution in [0.4, 0.5) is 5.82 Å². The molecule has 0 fully saturated rings. The largest absolute Gasteiger partial charge is 0.507 e. The predicted octanol–water partition coefficient (Wildman–Crippen LogP) is 3.04. The number of phenolic OH excluding ortho intramolecular Hbond substituents is 1. The number of aromatic nitrogens is 2. The maximum Gasteiger partial charge on any atom is 0.184 e. The van der Waals surface area contributed by atoms with Crippen LogP contribution in [-0.4, -0.2) is 21.3 Å². The van der Waals surface area contributed by atoms with Gasteiger partial charge in [0.25, 0.3) is 0 Å². The first-order chi connectivity index (χ1) is 8.66. The number of nitrogens with one attached hydrogen (secondary N) is 1. The Balaban J connectivity index is 2.12. The Bertz CT molecular complexity index is 591. The second-order valence-corrected chi connectivity index (χ2v) is 4.54. The van der Waals surface area contributed by atoms with Gasteiger partial charge in [-0.3, -0.25) is 5.43 Å². The number of rotatable bonds is 3. The van der Waals surface area contributed by atoms with Gasteiger partial charge in [-0.05, 0) is 18.2 Å². The molecule has 0 aliphatic carbocycles. The predicted molar refractivity (Wildman–Crippen MR) is 74.1 cm³/mol. The maximum atomic E-state index is 9.59. The number of hydrogen-bond donors (Lipinski definition) is 2. The van der Waals surface area contributed by atoms with E-state index in [1.807, 2.05) is 0 Å². The smallest absolute Gasteiger partial charge is 0.184 e. The van der Waals surface area contributed by atoms with Crippen molar-refractivity contribution in [3.05, 3.63) is 45.8 Å². The van der Waals surface area contributed by atoms with Gasteiger partial charge in [0, 0.05) is 22.4 Å². The van der Waals surface area contributed by atoms with Crippen molar-refractivity contribution in [3.63, 3.8) is 0 Å². The van der Waals surface area contributed by atoms with E-state index >= 15 is 0 Å². The first-order valence-electron chi connectivity index (χ1n) is 4.91. The van der Waals surface area contributed by atoms with Crippen molar-refractivity contribution in [2.24, 2.45) is 5.10 Å². The van der Waals surface area contributed by atoms with Crippen LogP contribution in [0, 0.1) is 0 Å². The highest BCUT2D eigenvalue weighted by Gasteiger charge is 2.00. The van der Waals surface area contributed by atoms with Crippen LogP contribution in [0.15, 0.2) is 40.2 Å². The number of aromatic hydroxyl groups is 1. The molecule has 1 aromatic carbocycles. The van der Waals surface area contributed by atoms with Gasteiger partial charge >= 0.3 is 0 Å². The molecule has 2 aromatic rings. The molecule has 0 amide bonds. The molecule has 7 heteroatoms. The summed E-state index contributed by atoms with van der Waals surface area (Å²) in [5.74, 6) is 0.485. The average molecular weight is 328 g/mol. The molecule has 0 aliphatic heterocycles. The van der Waals surface area contributed by atoms with Crippen molar-refractivity contribution in [2.75, 3.05) is 5.43 Å². The van der Waals surface area contributed by atoms with Gasteiger partial charge in [0.1, 0.15) is 5.75 Å². The minimum atomic E-state index is 0.133. The van der Waals surface area contributed by atoms with Crippen LogP contribution >= 0.6 is 27.5 Å². The second-order valence-electron chi connectivity index (χ2n) is 3.27. The van der Waals surface area contributed by atoms with Crippen LogP contribution in [0.2, 0.25) is 5.15 Å². The maximum absolute atomic E-state index is 9.59. The summed E-state index contributed by atoms with van der Waals surface area (Å²) in [4.78, 5) is 7.80. The fourth-order valence-electron chi connectivity index (χ4n) is 1.19. The molecule has 0 spiro atoms. The van der Waals surface area contributed by atoms with Crippen LogP contribution in [0.1, 0.15) is 5.56 Å². The first kappa shape index (κ1) is 12.8. The summed E-state index contributed by atoms with van der Waals surface area (Å²) < 4.78 is 0.847. The van der Waals surface area contributed by atoms with Gasteiger partial charge in [-0.15, -0.1) is 0 Å². The number of nitrogens with zero attached hydrogens (tertiary/aromatic N) is 3. The third-order valence-electron chi connectivity index (χ3n) is 2.02. The Labute approximate surface area is 117 Å². The Kier molecular flexibility index (Phi) is 4.11. The minimum absolute atomic E-state index is 0.133. The van der Waals surface area contributed by atoms with Crippen LogP contribution in [0.25, 0.3) is 0 Å². The number of halogens is 2. The van der Waals surface area contributed by atoms with Crippen LogP contribution in [0.3, 0.4) is 0 Å². The van der Waals surface area contributed by atoms with E-state index in [-0.39, 0.29) is 10.9 Å². The van der Waals surface area contributed by atoms with Gasteiger partial charge in [0.2, 0.25) is 0 Å². The highest BCUT2D eigenvalue weighted by molar-refractivity contribution is 9.10. The summed E-state index contributed by atoms with van der Waals surface area (Å²) in [5.41, 5.74) is 3.21. The Morgan fingerprint density at radius 1 is 1.33 bits per heavy atom. The highest BCUT2D eigenvalue weighted by Crippen LogP contribution is 2.20. The lowest BCUT2D eigenvalue weighted by molar-refractivity contribution is 0.474. The van der Waals surface area contributed by atoms with Gasteiger partial charge < -0.3 is 5.11 Å². The molecule has 1 heterocycles. The molecule has 0 bridgehead atoms. The van der Waals surface area contributed by atoms with Crippen molar-refractivity contribution in [1.82, 2.24) is 9.97 Å². The molecule has 5 nitrogen and oxygen atoms in total. The Morgan fingerprint density at radius 3 is 2.89 bits per heavy atom. The molecule has 0 saturated heterocycles. The van der Waals surface area contributed by atoms with Crippen molar-refractivity contribution >= 4 is 39.6 Å². The fraction of sp³-hybridized carbons (Fsp3) is 0. The fourth-order valence-corrected chi connectivity index (χ4v) is 1.71. The van der Waals surface area contributed by atoms with Crippen molar-refractivity contribution in [2.45, 2.75) is 0 Å². The number of hydrazone groups is 1. The third kappa shape index (κ3) is 3.18. The lowest BCUT2D eigenvalue weighted by atomic mass is 10.2. The lowest BCUT2D eigenvalue weighted by Crippen LogP contribution is -1.95. The zero-order valence-corrected chi connectivity index (χ0v) is 11.4. The monoisotopic (exact) mass is 326 g/mol. The van der Waals surface area contributed by atoms with Gasteiger partial charge in [-0.25, -0.2) is 9.97 Å². The van der Waals surface area contributed by atoms with Crippen LogP contribution < -0.4 is 5.43 Å². The summed E-state index contributed by atoms with van der Waals surface area (Å²) in [5, 5.41) is 13.8. The zero-order valence-electron chi connectivity index (χ0n) is 9.01. The molecule has 2 N–H and O–H groups in total. The van der Waals surface area contributed by atoms with Crippen LogP contribution in [0.5, 0.6) is 5.75 Å². The van der Waals surface area contributed by atoms with Gasteiger partial charge in [0.15, 0.2) is 11.0 Å². The van der Waals surface area contributed by atoms with E-state index in [0.717, 1.165) is 4.47 Å². The molecule has 0 radical (unpaired) electrons. The molecule has 0 atom stereocenters. The molecule has 0 saturated carbocycles. The second kappa shape index (κ2) is 5.79. The summed E-state index contributed by atoms with van der Waals surface area (Å²) >= 11 is 9.10. The van der Waals surface area contributed by atoms with Crippen molar-refractivity contribution in [3.8, 4) is 5.75 Å². The quantitative estimate of drug-likeness (QED) is 0.671. The van der Waals surface area contributed by atoms with Crippen LogP contribution in [-0.2, 0) is 0 Å². The van der Waals surface area contributed by atoms with E-state index in [1.165, 1.54) is 18.6 Å². The van der Waals surface area contributed by atoms with E-state index in [9.17, 15) is 5.11 Å². The van der Waals surface area contributed by atoms with E-state index in [1.54, 1.807) is 18.2 Å². The standard InChI is InChI=1S/C11H8BrClN4O/c12-8-1-2-9(18)7(5-8)6-16-17-11-10(13)14-3-4-15-11/h1-6,18H,(H,15,17). The molecular weight excluding hydrogens is 320 g/mol. The molecule has 1 aromatic heterocycles. The molecule has 18 heavy (non-hydrogen) atoms. The Hall–Kier alpha value is -1.66. The summed E-state index contributed by atoms with van der Waals surface area (Å²) in [6.07, 6.45) is 4.45. The van der Waals surface area contributed by atoms with Crippen molar-refractivity contribution < 1.29 is 5.11 Å². The van der Waals surface area contributed by atoms with Crippen molar-refractivity contribution in [1.29, 1.82) is 0 Å². The van der Waals surface area contributed by atoms with E-state index < -0.39 is 0 Å². The summed E-state index contributed by atoms with van der Waals surface area (Å²) in [6.45, 7) is 0. The average Bonchev–Trinajstić information content (AvgIpc) is 2.36. The highest BCUT2D eigenvalue weighted by atomic mass is 79.9. The minimum Gasteiger partial charge on any atom is -0.507 e. The van der Waals surface area contributed by atoms with Gasteiger partial charge in [-0.1, -0.05) is 27.5 Å². The third-order valence-corrected chi connectivity index (χ3v) is 2.79. The topological polar surface area (TPSA) is 70.4 Å². The number of anilines is 1. The Morgan fingerprint density at radius 2 is 2.11 bits per heavy atom. The molecule has 0 aliphatic rings. The number of hydrogen-bond acceptors (Lipinski definition) is 5. The normalized spacial score (nSPS) is 10.8. The van der Waals surface area contributed by atoms with E-state index in [4.69, 9.17) is 11.6 Å². The summed E-state index contributed by atoms with van der Waals surface area (Å²) in [7, 11) is 0. The number of benzene rings is 1.